The van der Waals surface area contributed by atoms with E-state index in [4.69, 9.17) is 14.6 Å². The van der Waals surface area contributed by atoms with Crippen LogP contribution >= 0.6 is 0 Å². The summed E-state index contributed by atoms with van der Waals surface area (Å²) in [5.74, 6) is -2.42. The number of carbonyl (C=O) groups is 1. The quantitative estimate of drug-likeness (QED) is 0.542. The summed E-state index contributed by atoms with van der Waals surface area (Å²) in [6.45, 7) is 0.318. The van der Waals surface area contributed by atoms with Gasteiger partial charge in [-0.1, -0.05) is 12.1 Å². The van der Waals surface area contributed by atoms with Gasteiger partial charge < -0.3 is 14.6 Å². The average Bonchev–Trinajstić information content (AvgIpc) is 3.48. The Bertz CT molecular complexity index is 1060. The van der Waals surface area contributed by atoms with Crippen LogP contribution in [0.4, 0.5) is 13.2 Å². The van der Waals surface area contributed by atoms with Crippen LogP contribution in [-0.2, 0) is 4.79 Å². The second-order valence-electron chi connectivity index (χ2n) is 7.12. The summed E-state index contributed by atoms with van der Waals surface area (Å²) in [5.41, 5.74) is 0.814. The fraction of sp³-hybridized carbons (Fsp3) is 0.174. The summed E-state index contributed by atoms with van der Waals surface area (Å²) in [6.07, 6.45) is 0.612. The molecule has 30 heavy (non-hydrogen) atoms. The molecule has 4 rings (SSSR count). The maximum atomic E-state index is 14.3. The van der Waals surface area contributed by atoms with Crippen molar-refractivity contribution in [1.29, 1.82) is 0 Å². The van der Waals surface area contributed by atoms with Gasteiger partial charge in [-0.3, -0.25) is 4.79 Å². The minimum absolute atomic E-state index is 0.0149. The lowest BCUT2D eigenvalue weighted by Crippen LogP contribution is -2.06. The highest BCUT2D eigenvalue weighted by molar-refractivity contribution is 5.73. The van der Waals surface area contributed by atoms with Crippen molar-refractivity contribution < 1.29 is 32.5 Å². The number of hydrogen-bond donors (Lipinski definition) is 1. The highest BCUT2D eigenvalue weighted by atomic mass is 19.1. The number of ether oxygens (including phenoxy) is 2. The van der Waals surface area contributed by atoms with E-state index in [0.29, 0.717) is 24.3 Å². The molecule has 1 aliphatic carbocycles. The molecule has 0 aromatic heterocycles. The first-order valence-corrected chi connectivity index (χ1v) is 9.28. The van der Waals surface area contributed by atoms with Gasteiger partial charge in [-0.25, -0.2) is 13.2 Å². The first-order chi connectivity index (χ1) is 14.4. The van der Waals surface area contributed by atoms with Crippen molar-refractivity contribution in [2.24, 2.45) is 11.8 Å². The fourth-order valence-corrected chi connectivity index (χ4v) is 3.18. The van der Waals surface area contributed by atoms with Crippen molar-refractivity contribution in [3.8, 4) is 28.4 Å². The van der Waals surface area contributed by atoms with E-state index >= 15 is 0 Å². The lowest BCUT2D eigenvalue weighted by molar-refractivity contribution is -0.138. The van der Waals surface area contributed by atoms with Crippen molar-refractivity contribution in [3.05, 3.63) is 78.1 Å². The third kappa shape index (κ3) is 4.56. The molecule has 0 amide bonds. The van der Waals surface area contributed by atoms with E-state index in [2.05, 4.69) is 0 Å². The molecule has 3 aromatic rings. The lowest BCUT2D eigenvalue weighted by Gasteiger charge is -2.10. The predicted octanol–water partition coefficient (Wildman–Crippen LogP) is 5.66. The number of carboxylic acids is 1. The van der Waals surface area contributed by atoms with Crippen LogP contribution in [-0.4, -0.2) is 17.7 Å². The van der Waals surface area contributed by atoms with Crippen LogP contribution in [0.15, 0.2) is 60.7 Å². The van der Waals surface area contributed by atoms with Gasteiger partial charge in [-0.05, 0) is 42.3 Å². The Hall–Kier alpha value is -3.48. The van der Waals surface area contributed by atoms with E-state index < -0.39 is 23.4 Å². The second kappa shape index (κ2) is 8.10. The van der Waals surface area contributed by atoms with Gasteiger partial charge in [0, 0.05) is 29.7 Å². The molecule has 0 heterocycles. The van der Waals surface area contributed by atoms with Crippen molar-refractivity contribution in [2.45, 2.75) is 6.42 Å². The summed E-state index contributed by atoms with van der Waals surface area (Å²) in [6, 6.07) is 13.5. The molecule has 154 valence electrons. The van der Waals surface area contributed by atoms with Gasteiger partial charge >= 0.3 is 5.97 Å². The molecule has 4 nitrogen and oxygen atoms in total. The van der Waals surface area contributed by atoms with Crippen LogP contribution in [0.3, 0.4) is 0 Å². The molecule has 0 bridgehead atoms. The Balaban J connectivity index is 1.46. The maximum absolute atomic E-state index is 14.3. The summed E-state index contributed by atoms with van der Waals surface area (Å²) < 4.78 is 52.1. The SMILES string of the molecule is O=C(O)C1CC1COc1ccc(-c2cc(Oc3cc(F)cc(F)c3)ccc2F)cc1. The predicted molar refractivity (Wildman–Crippen MR) is 103 cm³/mol. The number of hydrogen-bond acceptors (Lipinski definition) is 3. The molecular formula is C23H17F3O4. The smallest absolute Gasteiger partial charge is 0.306 e. The zero-order valence-corrected chi connectivity index (χ0v) is 15.6. The Kier molecular flexibility index (Phi) is 5.35. The summed E-state index contributed by atoms with van der Waals surface area (Å²) in [4.78, 5) is 10.9. The van der Waals surface area contributed by atoms with E-state index in [0.717, 1.165) is 18.2 Å². The number of halogens is 3. The maximum Gasteiger partial charge on any atom is 0.306 e. The second-order valence-corrected chi connectivity index (χ2v) is 7.12. The van der Waals surface area contributed by atoms with Crippen molar-refractivity contribution in [1.82, 2.24) is 0 Å². The molecule has 7 heteroatoms. The number of rotatable bonds is 7. The molecule has 2 atom stereocenters. The molecule has 1 aliphatic rings. The van der Waals surface area contributed by atoms with Crippen LogP contribution in [0.5, 0.6) is 17.2 Å². The molecule has 3 aromatic carbocycles. The third-order valence-electron chi connectivity index (χ3n) is 4.88. The highest BCUT2D eigenvalue weighted by Crippen LogP contribution is 2.39. The first kappa shape index (κ1) is 19.8. The summed E-state index contributed by atoms with van der Waals surface area (Å²) in [5, 5.41) is 8.91. The average molecular weight is 414 g/mol. The van der Waals surface area contributed by atoms with Crippen LogP contribution in [0, 0.1) is 29.3 Å². The van der Waals surface area contributed by atoms with Crippen LogP contribution < -0.4 is 9.47 Å². The van der Waals surface area contributed by atoms with Gasteiger partial charge in [0.1, 0.15) is 34.7 Å². The molecule has 1 N–H and O–H groups in total. The number of benzene rings is 3. The molecular weight excluding hydrogens is 397 g/mol. The van der Waals surface area contributed by atoms with Gasteiger partial charge in [0.05, 0.1) is 12.5 Å². The summed E-state index contributed by atoms with van der Waals surface area (Å²) in [7, 11) is 0. The highest BCUT2D eigenvalue weighted by Gasteiger charge is 2.43. The Morgan fingerprint density at radius 2 is 1.57 bits per heavy atom. The molecule has 0 spiro atoms. The van der Waals surface area contributed by atoms with Crippen molar-refractivity contribution in [3.63, 3.8) is 0 Å². The standard InChI is InChI=1S/C23H17F3O4/c24-15-8-16(25)10-19(9-15)30-18-5-6-22(26)20(11-18)13-1-3-17(4-2-13)29-12-14-7-21(14)23(27)28/h1-6,8-11,14,21H,7,12H2,(H,27,28). The zero-order chi connectivity index (χ0) is 21.3. The van der Waals surface area contributed by atoms with E-state index in [1.807, 2.05) is 0 Å². The number of aliphatic carboxylic acids is 1. The molecule has 1 fully saturated rings. The van der Waals surface area contributed by atoms with E-state index in [-0.39, 0.29) is 28.9 Å². The van der Waals surface area contributed by atoms with E-state index in [9.17, 15) is 18.0 Å². The molecule has 0 aliphatic heterocycles. The Morgan fingerprint density at radius 3 is 2.20 bits per heavy atom. The summed E-state index contributed by atoms with van der Waals surface area (Å²) >= 11 is 0. The van der Waals surface area contributed by atoms with E-state index in [1.54, 1.807) is 24.3 Å². The minimum Gasteiger partial charge on any atom is -0.493 e. The van der Waals surface area contributed by atoms with Gasteiger partial charge in [0.25, 0.3) is 0 Å². The largest absolute Gasteiger partial charge is 0.493 e. The normalized spacial score (nSPS) is 17.4. The van der Waals surface area contributed by atoms with Crippen LogP contribution in [0.1, 0.15) is 6.42 Å². The van der Waals surface area contributed by atoms with Gasteiger partial charge in [-0.2, -0.15) is 0 Å². The molecule has 0 radical (unpaired) electrons. The molecule has 2 unspecified atom stereocenters. The monoisotopic (exact) mass is 414 g/mol. The Morgan fingerprint density at radius 1 is 0.900 bits per heavy atom. The van der Waals surface area contributed by atoms with Crippen molar-refractivity contribution in [2.75, 3.05) is 6.61 Å². The van der Waals surface area contributed by atoms with Gasteiger partial charge in [0.15, 0.2) is 0 Å². The fourth-order valence-electron chi connectivity index (χ4n) is 3.18. The third-order valence-corrected chi connectivity index (χ3v) is 4.88. The lowest BCUT2D eigenvalue weighted by atomic mass is 10.0. The van der Waals surface area contributed by atoms with Crippen molar-refractivity contribution >= 4 is 5.97 Å². The van der Waals surface area contributed by atoms with Crippen LogP contribution in [0.25, 0.3) is 11.1 Å². The molecule has 0 saturated heterocycles. The van der Waals surface area contributed by atoms with E-state index in [1.165, 1.54) is 18.2 Å². The first-order valence-electron chi connectivity index (χ1n) is 9.28. The van der Waals surface area contributed by atoms with Crippen LogP contribution in [0.2, 0.25) is 0 Å². The zero-order valence-electron chi connectivity index (χ0n) is 15.6. The number of carboxylic acid groups (broad SMARTS) is 1. The minimum atomic E-state index is -0.808. The molecule has 1 saturated carbocycles. The topological polar surface area (TPSA) is 55.8 Å². The Labute approximate surface area is 170 Å². The van der Waals surface area contributed by atoms with Gasteiger partial charge in [0.2, 0.25) is 0 Å². The van der Waals surface area contributed by atoms with Gasteiger partial charge in [-0.15, -0.1) is 0 Å².